The van der Waals surface area contributed by atoms with E-state index in [4.69, 9.17) is 4.74 Å². The highest BCUT2D eigenvalue weighted by molar-refractivity contribution is 14.1. The Hall–Kier alpha value is -0.650. The van der Waals surface area contributed by atoms with E-state index in [1.165, 1.54) is 5.57 Å². The van der Waals surface area contributed by atoms with Gasteiger partial charge in [-0.15, -0.1) is 0 Å². The van der Waals surface area contributed by atoms with Gasteiger partial charge in [0, 0.05) is 18.4 Å². The molecule has 1 rings (SSSR count). The molecular weight excluding hydrogens is 307 g/mol. The Labute approximate surface area is 103 Å². The molecule has 3 nitrogen and oxygen atoms in total. The molecular formula is C11H13IO3. The number of hydrogen-bond acceptors (Lipinski definition) is 3. The monoisotopic (exact) mass is 320 g/mol. The summed E-state index contributed by atoms with van der Waals surface area (Å²) in [5.41, 5.74) is 1.81. The number of rotatable bonds is 5. The first-order valence-corrected chi connectivity index (χ1v) is 6.03. The highest BCUT2D eigenvalue weighted by Crippen LogP contribution is 2.22. The van der Waals surface area contributed by atoms with Crippen LogP contribution in [0.1, 0.15) is 26.2 Å². The van der Waals surface area contributed by atoms with Crippen molar-refractivity contribution >= 4 is 34.8 Å². The van der Waals surface area contributed by atoms with Crippen LogP contribution in [0.25, 0.3) is 0 Å². The molecule has 1 atom stereocenters. The maximum Gasteiger partial charge on any atom is 0.334 e. The topological polar surface area (TPSA) is 43.4 Å². The van der Waals surface area contributed by atoms with Crippen LogP contribution in [0.15, 0.2) is 21.3 Å². The van der Waals surface area contributed by atoms with E-state index in [1.54, 1.807) is 0 Å². The smallest absolute Gasteiger partial charge is 0.334 e. The number of halogens is 1. The zero-order valence-electron chi connectivity index (χ0n) is 8.53. The summed E-state index contributed by atoms with van der Waals surface area (Å²) in [5.74, 6) is -0.275. The van der Waals surface area contributed by atoms with Gasteiger partial charge in [0.1, 0.15) is 12.4 Å². The largest absolute Gasteiger partial charge is 0.454 e. The van der Waals surface area contributed by atoms with Gasteiger partial charge in [-0.1, -0.05) is 28.2 Å². The van der Waals surface area contributed by atoms with E-state index in [9.17, 15) is 9.59 Å². The third kappa shape index (κ3) is 3.77. The van der Waals surface area contributed by atoms with Gasteiger partial charge in [-0.25, -0.2) is 4.79 Å². The molecule has 0 fully saturated rings. The summed E-state index contributed by atoms with van der Waals surface area (Å²) in [6.45, 7) is 2.00. The Morgan fingerprint density at radius 3 is 3.00 bits per heavy atom. The third-order valence-electron chi connectivity index (χ3n) is 2.15. The van der Waals surface area contributed by atoms with Crippen LogP contribution in [0.4, 0.5) is 0 Å². The van der Waals surface area contributed by atoms with Gasteiger partial charge in [0.15, 0.2) is 0 Å². The van der Waals surface area contributed by atoms with Crippen molar-refractivity contribution in [2.24, 2.45) is 0 Å². The first kappa shape index (κ1) is 12.4. The van der Waals surface area contributed by atoms with E-state index in [2.05, 4.69) is 22.6 Å². The van der Waals surface area contributed by atoms with E-state index in [0.717, 1.165) is 12.7 Å². The third-order valence-corrected chi connectivity index (χ3v) is 3.21. The number of carbonyl (C=O) groups excluding carboxylic acids is 2. The SMILES string of the molecule is C/C(=C/I)C[C@H]1C=C(CCC=O)C(=O)O1. The van der Waals surface area contributed by atoms with E-state index in [1.807, 2.05) is 17.1 Å². The lowest BCUT2D eigenvalue weighted by Crippen LogP contribution is -2.08. The molecule has 1 aliphatic rings. The van der Waals surface area contributed by atoms with Crippen molar-refractivity contribution in [3.8, 4) is 0 Å². The molecule has 0 amide bonds. The summed E-state index contributed by atoms with van der Waals surface area (Å²) in [7, 11) is 0. The van der Waals surface area contributed by atoms with E-state index < -0.39 is 0 Å². The molecule has 0 N–H and O–H groups in total. The van der Waals surface area contributed by atoms with Gasteiger partial charge in [-0.3, -0.25) is 0 Å². The molecule has 1 heterocycles. The summed E-state index contributed by atoms with van der Waals surface area (Å²) in [6.07, 6.45) is 4.11. The van der Waals surface area contributed by atoms with Crippen LogP contribution in [0.2, 0.25) is 0 Å². The lowest BCUT2D eigenvalue weighted by Gasteiger charge is -2.06. The first-order valence-electron chi connectivity index (χ1n) is 4.78. The Balaban J connectivity index is 2.54. The van der Waals surface area contributed by atoms with Crippen molar-refractivity contribution in [3.63, 3.8) is 0 Å². The Morgan fingerprint density at radius 2 is 2.40 bits per heavy atom. The lowest BCUT2D eigenvalue weighted by molar-refractivity contribution is -0.139. The number of hydrogen-bond donors (Lipinski definition) is 0. The number of ether oxygens (including phenoxy) is 1. The minimum absolute atomic E-state index is 0.148. The van der Waals surface area contributed by atoms with Crippen LogP contribution in [0.5, 0.6) is 0 Å². The number of esters is 1. The fraction of sp³-hybridized carbons (Fsp3) is 0.455. The summed E-state index contributed by atoms with van der Waals surface area (Å²) in [5, 5.41) is 0. The van der Waals surface area contributed by atoms with E-state index in [-0.39, 0.29) is 12.1 Å². The van der Waals surface area contributed by atoms with E-state index in [0.29, 0.717) is 18.4 Å². The molecule has 0 bridgehead atoms. The van der Waals surface area contributed by atoms with E-state index >= 15 is 0 Å². The highest BCUT2D eigenvalue weighted by atomic mass is 127. The predicted molar refractivity (Wildman–Crippen MR) is 65.7 cm³/mol. The fourth-order valence-corrected chi connectivity index (χ4v) is 1.66. The quantitative estimate of drug-likeness (QED) is 0.444. The molecule has 0 unspecified atom stereocenters. The summed E-state index contributed by atoms with van der Waals surface area (Å²) in [4.78, 5) is 21.5. The highest BCUT2D eigenvalue weighted by Gasteiger charge is 2.24. The molecule has 0 radical (unpaired) electrons. The van der Waals surface area contributed by atoms with Crippen LogP contribution < -0.4 is 0 Å². The van der Waals surface area contributed by atoms with Crippen molar-refractivity contribution in [1.29, 1.82) is 0 Å². The van der Waals surface area contributed by atoms with Gasteiger partial charge in [0.2, 0.25) is 0 Å². The number of cyclic esters (lactones) is 1. The number of aldehydes is 1. The molecule has 0 saturated carbocycles. The molecule has 82 valence electrons. The van der Waals surface area contributed by atoms with Gasteiger partial charge in [0.25, 0.3) is 0 Å². The van der Waals surface area contributed by atoms with Crippen LogP contribution in [-0.2, 0) is 14.3 Å². The molecule has 0 aromatic rings. The standard InChI is InChI=1S/C11H13IO3/c1-8(7-12)5-10-6-9(3-2-4-13)11(14)15-10/h4,6-7,10H,2-3,5H2,1H3/b8-7-/t10-/m0/s1. The molecule has 15 heavy (non-hydrogen) atoms. The maximum atomic E-state index is 11.3. The molecule has 0 aromatic carbocycles. The molecule has 0 aliphatic carbocycles. The van der Waals surface area contributed by atoms with Gasteiger partial charge in [0.05, 0.1) is 0 Å². The zero-order chi connectivity index (χ0) is 11.3. The van der Waals surface area contributed by atoms with Crippen molar-refractivity contribution in [3.05, 3.63) is 21.3 Å². The van der Waals surface area contributed by atoms with Crippen LogP contribution >= 0.6 is 22.6 Å². The van der Waals surface area contributed by atoms with Gasteiger partial charge in [-0.2, -0.15) is 0 Å². The van der Waals surface area contributed by atoms with Crippen LogP contribution in [-0.4, -0.2) is 18.4 Å². The fourth-order valence-electron chi connectivity index (χ4n) is 1.40. The second-order valence-electron chi connectivity index (χ2n) is 3.50. The van der Waals surface area contributed by atoms with Gasteiger partial charge >= 0.3 is 5.97 Å². The van der Waals surface area contributed by atoms with Crippen LogP contribution in [0.3, 0.4) is 0 Å². The minimum Gasteiger partial charge on any atom is -0.454 e. The van der Waals surface area contributed by atoms with Crippen molar-refractivity contribution in [2.45, 2.75) is 32.3 Å². The van der Waals surface area contributed by atoms with Gasteiger partial charge < -0.3 is 9.53 Å². The summed E-state index contributed by atoms with van der Waals surface area (Å²) >= 11 is 2.16. The molecule has 0 spiro atoms. The molecule has 4 heteroatoms. The average Bonchev–Trinajstić information content (AvgIpc) is 2.55. The summed E-state index contributed by atoms with van der Waals surface area (Å²) in [6, 6.07) is 0. The van der Waals surface area contributed by atoms with Crippen molar-refractivity contribution < 1.29 is 14.3 Å². The first-order chi connectivity index (χ1) is 7.17. The van der Waals surface area contributed by atoms with Gasteiger partial charge in [-0.05, 0) is 23.5 Å². The number of carbonyl (C=O) groups is 2. The van der Waals surface area contributed by atoms with Crippen molar-refractivity contribution in [2.75, 3.05) is 0 Å². The molecule has 0 saturated heterocycles. The Morgan fingerprint density at radius 1 is 1.67 bits per heavy atom. The zero-order valence-corrected chi connectivity index (χ0v) is 10.7. The van der Waals surface area contributed by atoms with Crippen LogP contribution in [0, 0.1) is 0 Å². The summed E-state index contributed by atoms with van der Waals surface area (Å²) < 4.78 is 7.13. The molecule has 0 aromatic heterocycles. The second-order valence-corrected chi connectivity index (χ2v) is 4.12. The maximum absolute atomic E-state index is 11.3. The Bertz CT molecular complexity index is 318. The van der Waals surface area contributed by atoms with Crippen molar-refractivity contribution in [1.82, 2.24) is 0 Å². The Kier molecular flexibility index (Phi) is 5.01. The minimum atomic E-state index is -0.275. The lowest BCUT2D eigenvalue weighted by atomic mass is 10.1. The predicted octanol–water partition coefficient (Wildman–Crippen LogP) is 2.55. The normalized spacial score (nSPS) is 21.2. The second kappa shape index (κ2) is 6.05. The molecule has 1 aliphatic heterocycles. The average molecular weight is 320 g/mol.